The molecule has 0 fully saturated rings. The topological polar surface area (TPSA) is 49.7 Å². The fourth-order valence-corrected chi connectivity index (χ4v) is 1.87. The average molecular weight is 273 g/mol. The summed E-state index contributed by atoms with van der Waals surface area (Å²) in [5, 5.41) is 18.5. The maximum absolute atomic E-state index is 9.72. The minimum absolute atomic E-state index is 0.0554. The predicted molar refractivity (Wildman–Crippen MR) is 61.6 cm³/mol. The zero-order valence-electron chi connectivity index (χ0n) is 8.19. The Hall–Kier alpha value is -0.840. The summed E-state index contributed by atoms with van der Waals surface area (Å²) in [5.41, 5.74) is 0.698. The molecule has 0 saturated heterocycles. The molecule has 0 aliphatic heterocycles. The molecule has 1 unspecified atom stereocenters. The number of benzene rings is 1. The molecular formula is C11H13BrO3. The SMILES string of the molecule is C=COc1cccc(C(O)CCO)c1Br. The summed E-state index contributed by atoms with van der Waals surface area (Å²) >= 11 is 3.34. The van der Waals surface area contributed by atoms with Crippen molar-refractivity contribution in [3.05, 3.63) is 41.1 Å². The zero-order chi connectivity index (χ0) is 11.3. The van der Waals surface area contributed by atoms with Gasteiger partial charge in [0.2, 0.25) is 0 Å². The minimum Gasteiger partial charge on any atom is -0.464 e. The largest absolute Gasteiger partial charge is 0.464 e. The van der Waals surface area contributed by atoms with Gasteiger partial charge >= 0.3 is 0 Å². The Kier molecular flexibility index (Phi) is 4.81. The molecule has 1 rings (SSSR count). The van der Waals surface area contributed by atoms with E-state index in [2.05, 4.69) is 22.5 Å². The van der Waals surface area contributed by atoms with E-state index in [1.54, 1.807) is 18.2 Å². The first kappa shape index (κ1) is 12.2. The van der Waals surface area contributed by atoms with Gasteiger partial charge < -0.3 is 14.9 Å². The van der Waals surface area contributed by atoms with Crippen molar-refractivity contribution in [2.45, 2.75) is 12.5 Å². The minimum atomic E-state index is -0.697. The van der Waals surface area contributed by atoms with E-state index >= 15 is 0 Å². The van der Waals surface area contributed by atoms with Gasteiger partial charge in [-0.15, -0.1) is 0 Å². The van der Waals surface area contributed by atoms with Gasteiger partial charge in [-0.3, -0.25) is 0 Å². The standard InChI is InChI=1S/C11H13BrO3/c1-2-15-10-5-3-4-8(11(10)12)9(14)6-7-13/h2-5,9,13-14H,1,6-7H2. The van der Waals surface area contributed by atoms with Crippen LogP contribution in [-0.4, -0.2) is 16.8 Å². The van der Waals surface area contributed by atoms with Crippen molar-refractivity contribution in [3.63, 3.8) is 0 Å². The highest BCUT2D eigenvalue weighted by molar-refractivity contribution is 9.10. The second-order valence-corrected chi connectivity index (χ2v) is 3.76. The van der Waals surface area contributed by atoms with Crippen LogP contribution in [0.25, 0.3) is 0 Å². The third-order valence-electron chi connectivity index (χ3n) is 1.96. The molecule has 1 aromatic rings. The molecule has 2 N–H and O–H groups in total. The quantitative estimate of drug-likeness (QED) is 0.810. The second-order valence-electron chi connectivity index (χ2n) is 2.97. The van der Waals surface area contributed by atoms with Crippen LogP contribution in [0.2, 0.25) is 0 Å². The van der Waals surface area contributed by atoms with Crippen LogP contribution in [0, 0.1) is 0 Å². The number of hydrogen-bond donors (Lipinski definition) is 2. The molecule has 0 spiro atoms. The number of halogens is 1. The van der Waals surface area contributed by atoms with E-state index in [-0.39, 0.29) is 6.61 Å². The predicted octanol–water partition coefficient (Wildman–Crippen LogP) is 2.39. The molecular weight excluding hydrogens is 260 g/mol. The van der Waals surface area contributed by atoms with Crippen LogP contribution < -0.4 is 4.74 Å². The maximum atomic E-state index is 9.72. The smallest absolute Gasteiger partial charge is 0.141 e. The monoisotopic (exact) mass is 272 g/mol. The lowest BCUT2D eigenvalue weighted by molar-refractivity contribution is 0.133. The van der Waals surface area contributed by atoms with Crippen molar-refractivity contribution in [2.24, 2.45) is 0 Å². The van der Waals surface area contributed by atoms with Crippen molar-refractivity contribution in [1.29, 1.82) is 0 Å². The molecule has 3 nitrogen and oxygen atoms in total. The molecule has 1 atom stereocenters. The van der Waals surface area contributed by atoms with Crippen LogP contribution in [0.15, 0.2) is 35.5 Å². The number of aliphatic hydroxyl groups excluding tert-OH is 2. The van der Waals surface area contributed by atoms with E-state index in [0.717, 1.165) is 0 Å². The molecule has 0 bridgehead atoms. The third-order valence-corrected chi connectivity index (χ3v) is 2.81. The number of hydrogen-bond acceptors (Lipinski definition) is 3. The van der Waals surface area contributed by atoms with E-state index < -0.39 is 6.10 Å². The summed E-state index contributed by atoms with van der Waals surface area (Å²) in [7, 11) is 0. The summed E-state index contributed by atoms with van der Waals surface area (Å²) < 4.78 is 5.83. The Bertz CT molecular complexity index is 339. The van der Waals surface area contributed by atoms with Crippen molar-refractivity contribution in [1.82, 2.24) is 0 Å². The maximum Gasteiger partial charge on any atom is 0.141 e. The highest BCUT2D eigenvalue weighted by Gasteiger charge is 2.13. The van der Waals surface area contributed by atoms with E-state index in [4.69, 9.17) is 9.84 Å². The first-order valence-corrected chi connectivity index (χ1v) is 5.35. The lowest BCUT2D eigenvalue weighted by atomic mass is 10.1. The Morgan fingerprint density at radius 1 is 1.53 bits per heavy atom. The Labute approximate surface area is 97.1 Å². The van der Waals surface area contributed by atoms with E-state index in [1.807, 2.05) is 0 Å². The molecule has 0 heterocycles. The molecule has 4 heteroatoms. The normalized spacial score (nSPS) is 12.2. The van der Waals surface area contributed by atoms with Crippen molar-refractivity contribution in [3.8, 4) is 5.75 Å². The van der Waals surface area contributed by atoms with Gasteiger partial charge in [0.25, 0.3) is 0 Å². The van der Waals surface area contributed by atoms with Gasteiger partial charge in [0.1, 0.15) is 5.75 Å². The zero-order valence-corrected chi connectivity index (χ0v) is 9.77. The Morgan fingerprint density at radius 2 is 2.27 bits per heavy atom. The van der Waals surface area contributed by atoms with Crippen LogP contribution in [0.3, 0.4) is 0 Å². The molecule has 0 saturated carbocycles. The highest BCUT2D eigenvalue weighted by atomic mass is 79.9. The van der Waals surface area contributed by atoms with E-state index in [9.17, 15) is 5.11 Å². The van der Waals surface area contributed by atoms with Crippen LogP contribution >= 0.6 is 15.9 Å². The summed E-state index contributed by atoms with van der Waals surface area (Å²) in [5.74, 6) is 0.597. The van der Waals surface area contributed by atoms with Crippen LogP contribution in [-0.2, 0) is 0 Å². The second kappa shape index (κ2) is 5.90. The molecule has 0 aliphatic carbocycles. The van der Waals surface area contributed by atoms with Crippen LogP contribution in [0.1, 0.15) is 18.1 Å². The first-order valence-electron chi connectivity index (χ1n) is 4.55. The van der Waals surface area contributed by atoms with Gasteiger partial charge in [-0.05, 0) is 27.6 Å². The molecule has 1 aromatic carbocycles. The van der Waals surface area contributed by atoms with Crippen molar-refractivity contribution >= 4 is 15.9 Å². The Balaban J connectivity index is 2.97. The molecule has 0 radical (unpaired) electrons. The van der Waals surface area contributed by atoms with Crippen LogP contribution in [0.5, 0.6) is 5.75 Å². The lowest BCUT2D eigenvalue weighted by Crippen LogP contribution is -2.01. The summed E-state index contributed by atoms with van der Waals surface area (Å²) in [6, 6.07) is 5.32. The van der Waals surface area contributed by atoms with Crippen molar-refractivity contribution < 1.29 is 14.9 Å². The molecule has 82 valence electrons. The van der Waals surface area contributed by atoms with Gasteiger partial charge in [-0.25, -0.2) is 0 Å². The summed E-state index contributed by atoms with van der Waals surface area (Å²) in [6.45, 7) is 3.41. The van der Waals surface area contributed by atoms with Gasteiger partial charge in [-0.2, -0.15) is 0 Å². The molecule has 0 aromatic heterocycles. The number of rotatable bonds is 5. The lowest BCUT2D eigenvalue weighted by Gasteiger charge is -2.13. The van der Waals surface area contributed by atoms with Crippen molar-refractivity contribution in [2.75, 3.05) is 6.61 Å². The average Bonchev–Trinajstić information content (AvgIpc) is 2.22. The number of aliphatic hydroxyl groups is 2. The fraction of sp³-hybridized carbons (Fsp3) is 0.273. The van der Waals surface area contributed by atoms with E-state index in [0.29, 0.717) is 22.2 Å². The first-order chi connectivity index (χ1) is 7.20. The summed E-state index contributed by atoms with van der Waals surface area (Å²) in [6.07, 6.45) is 0.927. The third kappa shape index (κ3) is 3.06. The van der Waals surface area contributed by atoms with Gasteiger partial charge in [0.15, 0.2) is 0 Å². The molecule has 0 amide bonds. The highest BCUT2D eigenvalue weighted by Crippen LogP contribution is 2.33. The molecule has 0 aliphatic rings. The molecule has 15 heavy (non-hydrogen) atoms. The fourth-order valence-electron chi connectivity index (χ4n) is 1.24. The summed E-state index contributed by atoms with van der Waals surface area (Å²) in [4.78, 5) is 0. The van der Waals surface area contributed by atoms with E-state index in [1.165, 1.54) is 6.26 Å². The number of ether oxygens (including phenoxy) is 1. The Morgan fingerprint density at radius 3 is 2.87 bits per heavy atom. The van der Waals surface area contributed by atoms with Gasteiger partial charge in [0.05, 0.1) is 16.8 Å². The van der Waals surface area contributed by atoms with Gasteiger partial charge in [-0.1, -0.05) is 18.7 Å². The van der Waals surface area contributed by atoms with Gasteiger partial charge in [0, 0.05) is 13.0 Å². The van der Waals surface area contributed by atoms with Crippen LogP contribution in [0.4, 0.5) is 0 Å².